The molecular formula is C22H42O18. The summed E-state index contributed by atoms with van der Waals surface area (Å²) in [6.07, 6.45) is -0.442. The van der Waals surface area contributed by atoms with Crippen molar-refractivity contribution in [2.75, 3.05) is 39.6 Å². The van der Waals surface area contributed by atoms with Crippen molar-refractivity contribution in [3.63, 3.8) is 0 Å². The van der Waals surface area contributed by atoms with Crippen LogP contribution in [0.1, 0.15) is 57.8 Å². The number of carboxylic acids is 6. The number of carbonyl (C=O) groups is 6. The Kier molecular flexibility index (Phi) is 43.8. The van der Waals surface area contributed by atoms with Crippen LogP contribution in [-0.2, 0) is 33.5 Å². The zero-order chi connectivity index (χ0) is 32.4. The number of aliphatic hydroxyl groups is 5. The monoisotopic (exact) mass is 594 g/mol. The molecule has 0 aromatic rings. The summed E-state index contributed by atoms with van der Waals surface area (Å²) in [7, 11) is 0. The minimum atomic E-state index is -1.08. The molecule has 0 radical (unpaired) electrons. The Bertz CT molecular complexity index is 600. The van der Waals surface area contributed by atoms with Crippen molar-refractivity contribution in [2.45, 2.75) is 63.9 Å². The predicted molar refractivity (Wildman–Crippen MR) is 133 cm³/mol. The lowest BCUT2D eigenvalue weighted by molar-refractivity contribution is -0.143. The molecule has 0 amide bonds. The molecule has 0 bridgehead atoms. The molecule has 0 aliphatic rings. The first-order valence-electron chi connectivity index (χ1n) is 11.6. The van der Waals surface area contributed by atoms with Gasteiger partial charge in [0.05, 0.1) is 52.5 Å². The van der Waals surface area contributed by atoms with Crippen LogP contribution >= 0.6 is 0 Å². The topological polar surface area (TPSA) is 334 Å². The van der Waals surface area contributed by atoms with E-state index in [0.29, 0.717) is 26.1 Å². The van der Waals surface area contributed by atoms with E-state index in [1.54, 1.807) is 0 Å². The van der Waals surface area contributed by atoms with E-state index in [-0.39, 0.29) is 71.4 Å². The van der Waals surface area contributed by atoms with Crippen LogP contribution in [0, 0.1) is 0 Å². The number of hydrogen-bond donors (Lipinski definition) is 11. The zero-order valence-corrected chi connectivity index (χ0v) is 22.0. The molecule has 0 aliphatic carbocycles. The fourth-order valence-electron chi connectivity index (χ4n) is 1.45. The lowest BCUT2D eigenvalue weighted by Crippen LogP contribution is -2.15. The molecule has 40 heavy (non-hydrogen) atoms. The third kappa shape index (κ3) is 76.5. The van der Waals surface area contributed by atoms with E-state index in [1.807, 2.05) is 0 Å². The Morgan fingerprint density at radius 1 is 0.450 bits per heavy atom. The fourth-order valence-corrected chi connectivity index (χ4v) is 1.45. The molecular weight excluding hydrogens is 552 g/mol. The van der Waals surface area contributed by atoms with Crippen molar-refractivity contribution in [3.8, 4) is 0 Å². The fraction of sp³-hybridized carbons (Fsp3) is 0.727. The Hall–Kier alpha value is -3.42. The van der Waals surface area contributed by atoms with E-state index in [1.165, 1.54) is 0 Å². The molecule has 0 heterocycles. The Morgan fingerprint density at radius 2 is 0.700 bits per heavy atom. The summed E-state index contributed by atoms with van der Waals surface area (Å²) in [6, 6.07) is 0. The molecule has 238 valence electrons. The van der Waals surface area contributed by atoms with Crippen LogP contribution in [0.5, 0.6) is 0 Å². The average molecular weight is 595 g/mol. The molecule has 0 rings (SSSR count). The van der Waals surface area contributed by atoms with Gasteiger partial charge in [0.15, 0.2) is 0 Å². The number of aliphatic carboxylic acids is 6. The van der Waals surface area contributed by atoms with E-state index in [2.05, 4.69) is 4.74 Å². The number of carboxylic acid groups (broad SMARTS) is 6. The van der Waals surface area contributed by atoms with Gasteiger partial charge in [-0.15, -0.1) is 0 Å². The second-order valence-corrected chi connectivity index (χ2v) is 7.00. The van der Waals surface area contributed by atoms with Gasteiger partial charge >= 0.3 is 35.8 Å². The second kappa shape index (κ2) is 37.7. The van der Waals surface area contributed by atoms with Gasteiger partial charge in [-0.05, 0) is 19.3 Å². The summed E-state index contributed by atoms with van der Waals surface area (Å²) in [4.78, 5) is 58.6. The summed E-state index contributed by atoms with van der Waals surface area (Å²) in [5.41, 5.74) is 0. The molecule has 0 unspecified atom stereocenters. The van der Waals surface area contributed by atoms with E-state index < -0.39 is 41.9 Å². The van der Waals surface area contributed by atoms with Crippen molar-refractivity contribution in [1.82, 2.24) is 0 Å². The number of unbranched alkanes of at least 4 members (excludes halogenated alkanes) is 1. The van der Waals surface area contributed by atoms with Crippen LogP contribution in [0.3, 0.4) is 0 Å². The molecule has 18 nitrogen and oxygen atoms in total. The van der Waals surface area contributed by atoms with Gasteiger partial charge < -0.3 is 60.9 Å². The molecule has 0 saturated carbocycles. The standard InChI is InChI=1S/C6H10O4.C5H8O4.C4H6O4.C4H10O3.C3H8O3/c7-5(8)3-1-2-4-6(9)10;6-4(7)2-1-3-5(8)9;5-3(6)1-2-4(7)8;5-1-3-7-4-2-6;4-1-3(6)2-5/h1-4H2,(H,7,8)(H,9,10);1-3H2,(H,6,7)(H,8,9);1-2H2,(H,5,6)(H,7,8);5-6H,1-4H2;3-6H,1-2H2. The smallest absolute Gasteiger partial charge is 0.303 e. The van der Waals surface area contributed by atoms with Gasteiger partial charge in [0.1, 0.15) is 6.10 Å². The second-order valence-electron chi connectivity index (χ2n) is 7.00. The first-order valence-corrected chi connectivity index (χ1v) is 11.6. The third-order valence-corrected chi connectivity index (χ3v) is 3.26. The highest BCUT2D eigenvalue weighted by molar-refractivity contribution is 5.75. The lowest BCUT2D eigenvalue weighted by Gasteiger charge is -1.96. The summed E-state index contributed by atoms with van der Waals surface area (Å²) < 4.78 is 4.63. The van der Waals surface area contributed by atoms with E-state index >= 15 is 0 Å². The number of aliphatic hydroxyl groups excluding tert-OH is 5. The highest BCUT2D eigenvalue weighted by Gasteiger charge is 2.01. The molecule has 0 atom stereocenters. The van der Waals surface area contributed by atoms with Crippen molar-refractivity contribution in [2.24, 2.45) is 0 Å². The van der Waals surface area contributed by atoms with E-state index in [0.717, 1.165) is 0 Å². The maximum atomic E-state index is 9.90. The van der Waals surface area contributed by atoms with Crippen LogP contribution in [0.2, 0.25) is 0 Å². The minimum absolute atomic E-state index is 0.0278. The zero-order valence-electron chi connectivity index (χ0n) is 22.0. The molecule has 0 aromatic carbocycles. The van der Waals surface area contributed by atoms with Crippen molar-refractivity contribution in [3.05, 3.63) is 0 Å². The normalized spacial score (nSPS) is 9.15. The molecule has 0 saturated heterocycles. The average Bonchev–Trinajstić information content (AvgIpc) is 2.86. The summed E-state index contributed by atoms with van der Waals surface area (Å²) in [5, 5.41) is 88.3. The third-order valence-electron chi connectivity index (χ3n) is 3.26. The van der Waals surface area contributed by atoms with Gasteiger partial charge in [-0.25, -0.2) is 0 Å². The minimum Gasteiger partial charge on any atom is -0.481 e. The molecule has 0 aliphatic heterocycles. The number of ether oxygens (including phenoxy) is 1. The number of rotatable bonds is 18. The Labute approximate surface area is 229 Å². The van der Waals surface area contributed by atoms with Crippen LogP contribution in [-0.4, -0.2) is 138 Å². The van der Waals surface area contributed by atoms with Crippen molar-refractivity contribution < 1.29 is 89.7 Å². The van der Waals surface area contributed by atoms with Gasteiger partial charge in [0, 0.05) is 25.7 Å². The van der Waals surface area contributed by atoms with Crippen LogP contribution < -0.4 is 0 Å². The van der Waals surface area contributed by atoms with Crippen LogP contribution in [0.15, 0.2) is 0 Å². The van der Waals surface area contributed by atoms with Gasteiger partial charge in [0.25, 0.3) is 0 Å². The van der Waals surface area contributed by atoms with Gasteiger partial charge in [-0.1, -0.05) is 0 Å². The molecule has 0 fully saturated rings. The predicted octanol–water partition coefficient (Wildman–Crippen LogP) is -1.70. The SMILES string of the molecule is O=C(O)CCC(=O)O.O=C(O)CCCC(=O)O.O=C(O)CCCCC(=O)O.OCC(O)CO.OCCOCCO. The molecule has 0 aromatic heterocycles. The van der Waals surface area contributed by atoms with Gasteiger partial charge in [-0.2, -0.15) is 0 Å². The van der Waals surface area contributed by atoms with E-state index in [4.69, 9.17) is 56.2 Å². The molecule has 0 spiro atoms. The summed E-state index contributed by atoms with van der Waals surface area (Å²) >= 11 is 0. The first kappa shape index (κ1) is 46.4. The van der Waals surface area contributed by atoms with Crippen molar-refractivity contribution in [1.29, 1.82) is 0 Å². The van der Waals surface area contributed by atoms with Crippen LogP contribution in [0.4, 0.5) is 0 Å². The van der Waals surface area contributed by atoms with Crippen LogP contribution in [0.25, 0.3) is 0 Å². The Balaban J connectivity index is -0.000000129. The summed E-state index contributed by atoms with van der Waals surface area (Å²) in [6.45, 7) is -0.0336. The molecule has 18 heteroatoms. The molecule has 11 N–H and O–H groups in total. The first-order chi connectivity index (χ1) is 18.6. The van der Waals surface area contributed by atoms with Gasteiger partial charge in [-0.3, -0.25) is 28.8 Å². The Morgan fingerprint density at radius 3 is 0.875 bits per heavy atom. The largest absolute Gasteiger partial charge is 0.481 e. The highest BCUT2D eigenvalue weighted by atomic mass is 16.5. The van der Waals surface area contributed by atoms with Crippen molar-refractivity contribution >= 4 is 35.8 Å². The van der Waals surface area contributed by atoms with Gasteiger partial charge in [0.2, 0.25) is 0 Å². The maximum Gasteiger partial charge on any atom is 0.303 e. The number of hydrogen-bond acceptors (Lipinski definition) is 12. The summed E-state index contributed by atoms with van der Waals surface area (Å²) in [5.74, 6) is -5.79. The quantitative estimate of drug-likeness (QED) is 0.0787. The highest BCUT2D eigenvalue weighted by Crippen LogP contribution is 1.98. The van der Waals surface area contributed by atoms with E-state index in [9.17, 15) is 28.8 Å². The maximum absolute atomic E-state index is 9.90. The lowest BCUT2D eigenvalue weighted by atomic mass is 10.2.